The molecule has 0 spiro atoms. The zero-order chi connectivity index (χ0) is 8.01. The van der Waals surface area contributed by atoms with Crippen LogP contribution in [-0.4, -0.2) is 67.6 Å². The van der Waals surface area contributed by atoms with E-state index >= 15 is 0 Å². The van der Waals surface area contributed by atoms with Crippen molar-refractivity contribution in [2.24, 2.45) is 0 Å². The van der Waals surface area contributed by atoms with Crippen molar-refractivity contribution in [3.05, 3.63) is 6.07 Å². The van der Waals surface area contributed by atoms with Gasteiger partial charge in [-0.2, -0.15) is 0 Å². The monoisotopic (exact) mass is 497 g/mol. The molecule has 5 heteroatoms. The average molecular weight is 493 g/mol. The molecule has 0 atom stereocenters. The number of thiophene rings is 2. The van der Waals surface area contributed by atoms with Crippen LogP contribution in [0.3, 0.4) is 0 Å². The number of fused-ring (bicyclic) bond motifs is 1. The Morgan fingerprint density at radius 3 is 2.45 bits per heavy atom. The summed E-state index contributed by atoms with van der Waals surface area (Å²) in [7, 11) is 0. The Balaban J connectivity index is 2.88. The predicted octanol–water partition coefficient (Wildman–Crippen LogP) is -0.656. The SMILES string of the molecule is [Sn][c]1cc2s[c]([Sn])[c]([Sn])c2s1. The first-order valence-corrected chi connectivity index (χ1v) is 8.81. The van der Waals surface area contributed by atoms with Crippen molar-refractivity contribution < 1.29 is 0 Å². The van der Waals surface area contributed by atoms with Crippen LogP contribution in [0.15, 0.2) is 6.07 Å². The Morgan fingerprint density at radius 1 is 1.09 bits per heavy atom. The first-order chi connectivity index (χ1) is 5.18. The molecule has 0 saturated carbocycles. The molecule has 0 N–H and O–H groups in total. The van der Waals surface area contributed by atoms with Gasteiger partial charge in [0.25, 0.3) is 0 Å². The molecule has 49 valence electrons. The summed E-state index contributed by atoms with van der Waals surface area (Å²) in [6, 6.07) is 2.35. The van der Waals surface area contributed by atoms with Gasteiger partial charge in [-0.1, -0.05) is 0 Å². The standard InChI is InChI=1S/C6HS2.3Sn/c1-3-7-6-2-4-8-5(1)6;;;/h1H;;;. The maximum absolute atomic E-state index is 2.35. The Bertz CT molecular complexity index is 401. The van der Waals surface area contributed by atoms with Crippen molar-refractivity contribution in [2.75, 3.05) is 0 Å². The average Bonchev–Trinajstić information content (AvgIpc) is 2.37. The van der Waals surface area contributed by atoms with E-state index in [1.54, 1.807) is 78.7 Å². The van der Waals surface area contributed by atoms with E-state index < -0.39 is 0 Å². The molecule has 0 aromatic carbocycles. The third kappa shape index (κ3) is 1.80. The van der Waals surface area contributed by atoms with Gasteiger partial charge >= 0.3 is 115 Å². The summed E-state index contributed by atoms with van der Waals surface area (Å²) in [6.07, 6.45) is 0. The molecule has 0 aliphatic rings. The minimum atomic E-state index is 1.53. The van der Waals surface area contributed by atoms with Gasteiger partial charge in [-0.05, 0) is 0 Å². The van der Waals surface area contributed by atoms with E-state index in [4.69, 9.17) is 0 Å². The Hall–Kier alpha value is 2.06. The zero-order valence-corrected chi connectivity index (χ0v) is 15.6. The molecule has 0 saturated heterocycles. The first kappa shape index (κ1) is 9.61. The first-order valence-electron chi connectivity index (χ1n) is 2.89. The second-order valence-electron chi connectivity index (χ2n) is 2.11. The summed E-state index contributed by atoms with van der Waals surface area (Å²) < 4.78 is 7.87. The van der Waals surface area contributed by atoms with E-state index in [1.807, 2.05) is 22.7 Å². The van der Waals surface area contributed by atoms with Crippen LogP contribution >= 0.6 is 22.7 Å². The van der Waals surface area contributed by atoms with Gasteiger partial charge in [0.15, 0.2) is 0 Å². The van der Waals surface area contributed by atoms with E-state index in [2.05, 4.69) is 6.07 Å². The summed E-state index contributed by atoms with van der Waals surface area (Å²) in [4.78, 5) is 0. The molecular weight excluding hydrogens is 492 g/mol. The summed E-state index contributed by atoms with van der Waals surface area (Å²) in [6.45, 7) is 0. The molecule has 0 amide bonds. The van der Waals surface area contributed by atoms with E-state index in [0.717, 1.165) is 0 Å². The Morgan fingerprint density at radius 2 is 1.82 bits per heavy atom. The molecule has 2 aromatic heterocycles. The molecule has 9 radical (unpaired) electrons. The second kappa shape index (κ2) is 3.66. The molecular formula is C6HS2Sn3. The van der Waals surface area contributed by atoms with Crippen LogP contribution < -0.4 is 9.37 Å². The molecule has 0 aliphatic heterocycles. The van der Waals surface area contributed by atoms with Crippen molar-refractivity contribution in [3.63, 3.8) is 0 Å². The van der Waals surface area contributed by atoms with Gasteiger partial charge in [0.05, 0.1) is 0 Å². The van der Waals surface area contributed by atoms with Gasteiger partial charge in [0.2, 0.25) is 0 Å². The number of hydrogen-bond donors (Lipinski definition) is 0. The molecule has 0 fully saturated rings. The van der Waals surface area contributed by atoms with Gasteiger partial charge in [0.1, 0.15) is 0 Å². The number of rotatable bonds is 0. The van der Waals surface area contributed by atoms with Crippen LogP contribution in [0.1, 0.15) is 0 Å². The topological polar surface area (TPSA) is 0 Å². The third-order valence-corrected chi connectivity index (χ3v) is 10.8. The van der Waals surface area contributed by atoms with Gasteiger partial charge in [0, 0.05) is 0 Å². The van der Waals surface area contributed by atoms with Crippen LogP contribution in [0.2, 0.25) is 0 Å². The van der Waals surface area contributed by atoms with Crippen molar-refractivity contribution in [1.29, 1.82) is 0 Å². The molecule has 0 aliphatic carbocycles. The summed E-state index contributed by atoms with van der Waals surface area (Å²) in [5, 5.41) is 0. The van der Waals surface area contributed by atoms with Crippen molar-refractivity contribution >= 4 is 109 Å². The fourth-order valence-electron chi connectivity index (χ4n) is 0.888. The van der Waals surface area contributed by atoms with E-state index in [0.29, 0.717) is 0 Å². The quantitative estimate of drug-likeness (QED) is 0.428. The molecule has 2 rings (SSSR count). The molecule has 0 unspecified atom stereocenters. The van der Waals surface area contributed by atoms with E-state index in [1.165, 1.54) is 7.59 Å². The predicted molar refractivity (Wildman–Crippen MR) is 55.9 cm³/mol. The van der Waals surface area contributed by atoms with Crippen LogP contribution in [0.5, 0.6) is 0 Å². The summed E-state index contributed by atoms with van der Waals surface area (Å²) in [5.41, 5.74) is 0. The van der Waals surface area contributed by atoms with Crippen LogP contribution in [0, 0.1) is 0 Å². The normalized spacial score (nSPS) is 11.2. The summed E-state index contributed by atoms with van der Waals surface area (Å²) in [5.74, 6) is 0. The number of hydrogen-bond acceptors (Lipinski definition) is 2. The van der Waals surface area contributed by atoms with E-state index in [9.17, 15) is 0 Å². The second-order valence-corrected chi connectivity index (χ2v) is 10.7. The van der Waals surface area contributed by atoms with Crippen molar-refractivity contribution in [2.45, 2.75) is 0 Å². The third-order valence-electron chi connectivity index (χ3n) is 1.36. The molecule has 11 heavy (non-hydrogen) atoms. The van der Waals surface area contributed by atoms with Gasteiger partial charge in [-0.25, -0.2) is 0 Å². The van der Waals surface area contributed by atoms with E-state index in [-0.39, 0.29) is 0 Å². The fraction of sp³-hybridized carbons (Fsp3) is 0. The Labute approximate surface area is 113 Å². The molecule has 2 heterocycles. The fourth-order valence-corrected chi connectivity index (χ4v) is 7.49. The molecule has 0 nitrogen and oxygen atoms in total. The molecule has 0 bridgehead atoms. The summed E-state index contributed by atoms with van der Waals surface area (Å²) >= 11 is 8.70. The van der Waals surface area contributed by atoms with Crippen LogP contribution in [0.4, 0.5) is 0 Å². The Kier molecular flexibility index (Phi) is 3.20. The van der Waals surface area contributed by atoms with Crippen molar-refractivity contribution in [1.82, 2.24) is 0 Å². The van der Waals surface area contributed by atoms with Crippen LogP contribution in [-0.2, 0) is 0 Å². The van der Waals surface area contributed by atoms with Gasteiger partial charge in [-0.15, -0.1) is 0 Å². The molecule has 2 aromatic rings. The van der Waals surface area contributed by atoms with Crippen molar-refractivity contribution in [3.8, 4) is 0 Å². The maximum atomic E-state index is 2.35. The zero-order valence-electron chi connectivity index (χ0n) is 5.39. The van der Waals surface area contributed by atoms with Gasteiger partial charge in [-0.3, -0.25) is 0 Å². The van der Waals surface area contributed by atoms with Gasteiger partial charge < -0.3 is 0 Å². The van der Waals surface area contributed by atoms with Crippen LogP contribution in [0.25, 0.3) is 9.40 Å². The minimum absolute atomic E-state index is 1.53.